The minimum atomic E-state index is -1.20. The second-order valence-electron chi connectivity index (χ2n) is 10.8. The summed E-state index contributed by atoms with van der Waals surface area (Å²) in [4.78, 5) is 156. The summed E-state index contributed by atoms with van der Waals surface area (Å²) in [7, 11) is 0.175. The zero-order valence-corrected chi connectivity index (χ0v) is 29.3. The van der Waals surface area contributed by atoms with E-state index in [9.17, 15) is 57.5 Å². The molecular formula is C34H30O12S2. The molecule has 0 aromatic heterocycles. The van der Waals surface area contributed by atoms with E-state index in [2.05, 4.69) is 0 Å². The third kappa shape index (κ3) is 7.19. The molecule has 0 atom stereocenters. The second-order valence-corrected chi connectivity index (χ2v) is 12.9. The van der Waals surface area contributed by atoms with Crippen LogP contribution in [0.4, 0.5) is 0 Å². The molecule has 0 aliphatic rings. The first-order valence-electron chi connectivity index (χ1n) is 14.0. The molecule has 0 unspecified atom stereocenters. The van der Waals surface area contributed by atoms with Crippen molar-refractivity contribution in [3.8, 4) is 0 Å². The SMILES string of the molecule is CC(=O)c1c(C(C)=O)c(C(C)=O)c(C(=O)SSC(=O)c2c(C(C)=O)c(C(C)=O)c(C(C)=O)c(C(C)=O)c2C(C)=O)c(C(C)=O)c1C(C)=O. The molecule has 12 nitrogen and oxygen atoms in total. The van der Waals surface area contributed by atoms with Gasteiger partial charge in [0.15, 0.2) is 57.8 Å². The Bertz CT molecular complexity index is 1730. The number of Topliss-reactive ketones (excluding diaryl/α,β-unsaturated/α-hetero) is 10. The molecule has 0 amide bonds. The molecule has 2 rings (SSSR count). The average molecular weight is 695 g/mol. The smallest absolute Gasteiger partial charge is 0.231 e. The first-order valence-corrected chi connectivity index (χ1v) is 16.2. The lowest BCUT2D eigenvalue weighted by Crippen LogP contribution is -2.25. The fourth-order valence-electron chi connectivity index (χ4n) is 5.59. The topological polar surface area (TPSA) is 205 Å². The molecule has 0 saturated carbocycles. The van der Waals surface area contributed by atoms with Crippen LogP contribution in [0, 0.1) is 0 Å². The Morgan fingerprint density at radius 3 is 0.438 bits per heavy atom. The minimum absolute atomic E-state index is 0.0874. The average Bonchev–Trinajstić information content (AvgIpc) is 2.95. The maximum atomic E-state index is 13.9. The van der Waals surface area contributed by atoms with E-state index in [1.165, 1.54) is 0 Å². The van der Waals surface area contributed by atoms with Crippen LogP contribution < -0.4 is 0 Å². The van der Waals surface area contributed by atoms with E-state index in [0.29, 0.717) is 0 Å². The Morgan fingerprint density at radius 2 is 0.333 bits per heavy atom. The van der Waals surface area contributed by atoms with Crippen LogP contribution in [0.15, 0.2) is 0 Å². The summed E-state index contributed by atoms with van der Waals surface area (Å²) < 4.78 is 0. The van der Waals surface area contributed by atoms with Crippen molar-refractivity contribution >= 4 is 89.7 Å². The van der Waals surface area contributed by atoms with Crippen LogP contribution in [0.1, 0.15) is 194 Å². The van der Waals surface area contributed by atoms with Gasteiger partial charge >= 0.3 is 0 Å². The number of benzene rings is 2. The summed E-state index contributed by atoms with van der Waals surface area (Å²) in [6.07, 6.45) is 0. The summed E-state index contributed by atoms with van der Waals surface area (Å²) in [5.74, 6) is -8.85. The van der Waals surface area contributed by atoms with Gasteiger partial charge in [0.2, 0.25) is 10.2 Å². The zero-order chi connectivity index (χ0) is 37.3. The quantitative estimate of drug-likeness (QED) is 0.183. The number of carbonyl (C=O) groups excluding carboxylic acids is 12. The number of carbonyl (C=O) groups is 12. The van der Waals surface area contributed by atoms with Gasteiger partial charge < -0.3 is 0 Å². The van der Waals surface area contributed by atoms with E-state index in [1.807, 2.05) is 0 Å². The van der Waals surface area contributed by atoms with Crippen LogP contribution in [0.5, 0.6) is 0 Å². The van der Waals surface area contributed by atoms with Gasteiger partial charge in [-0.15, -0.1) is 0 Å². The van der Waals surface area contributed by atoms with Gasteiger partial charge in [0.25, 0.3) is 0 Å². The molecular weight excluding hydrogens is 664 g/mol. The molecule has 0 N–H and O–H groups in total. The standard InChI is InChI=1S/C34H30O12S2/c1-11(35)21-23(13(3)37)27(17(7)41)31(28(18(8)42)24(21)14(4)38)33(45)47-48-34(46)32-29(19(9)43)25(15(5)39)22(12(2)36)26(16(6)40)30(32)20(10)44/h1-10H3. The van der Waals surface area contributed by atoms with Crippen molar-refractivity contribution < 1.29 is 57.5 Å². The van der Waals surface area contributed by atoms with Crippen molar-refractivity contribution in [1.29, 1.82) is 0 Å². The molecule has 0 radical (unpaired) electrons. The van der Waals surface area contributed by atoms with E-state index >= 15 is 0 Å². The highest BCUT2D eigenvalue weighted by Crippen LogP contribution is 2.40. The van der Waals surface area contributed by atoms with Gasteiger partial charge in [0, 0.05) is 55.6 Å². The maximum Gasteiger partial charge on any atom is 0.231 e. The third-order valence-electron chi connectivity index (χ3n) is 7.12. The van der Waals surface area contributed by atoms with Crippen molar-refractivity contribution in [2.45, 2.75) is 69.2 Å². The molecule has 0 saturated heterocycles. The Kier molecular flexibility index (Phi) is 12.3. The molecule has 0 spiro atoms. The zero-order valence-electron chi connectivity index (χ0n) is 27.7. The molecule has 0 aliphatic carbocycles. The van der Waals surface area contributed by atoms with Crippen LogP contribution >= 0.6 is 21.6 Å². The Hall–Kier alpha value is -4.82. The van der Waals surface area contributed by atoms with Crippen molar-refractivity contribution in [2.24, 2.45) is 0 Å². The maximum absolute atomic E-state index is 13.9. The van der Waals surface area contributed by atoms with Gasteiger partial charge in [-0.2, -0.15) is 0 Å². The lowest BCUT2D eigenvalue weighted by molar-refractivity contribution is 0.0946. The van der Waals surface area contributed by atoms with E-state index in [4.69, 9.17) is 0 Å². The van der Waals surface area contributed by atoms with Gasteiger partial charge in [-0.25, -0.2) is 0 Å². The first kappa shape index (κ1) is 39.4. The van der Waals surface area contributed by atoms with E-state index < -0.39 is 135 Å². The fourth-order valence-corrected chi connectivity index (χ4v) is 7.27. The van der Waals surface area contributed by atoms with Crippen LogP contribution in [0.25, 0.3) is 0 Å². The Labute approximate surface area is 282 Å². The number of ketones is 10. The van der Waals surface area contributed by atoms with Gasteiger partial charge in [0.1, 0.15) is 0 Å². The summed E-state index contributed by atoms with van der Waals surface area (Å²) in [6.45, 7) is 9.82. The molecule has 14 heteroatoms. The summed E-state index contributed by atoms with van der Waals surface area (Å²) >= 11 is 0. The van der Waals surface area contributed by atoms with Crippen LogP contribution in [0.2, 0.25) is 0 Å². The van der Waals surface area contributed by atoms with Gasteiger partial charge in [0.05, 0.1) is 11.1 Å². The summed E-state index contributed by atoms with van der Waals surface area (Å²) in [6, 6.07) is 0. The minimum Gasteiger partial charge on any atom is -0.294 e. The molecule has 0 heterocycles. The van der Waals surface area contributed by atoms with Crippen LogP contribution in [0.3, 0.4) is 0 Å². The van der Waals surface area contributed by atoms with Crippen molar-refractivity contribution in [1.82, 2.24) is 0 Å². The predicted molar refractivity (Wildman–Crippen MR) is 177 cm³/mol. The number of hydrogen-bond donors (Lipinski definition) is 0. The van der Waals surface area contributed by atoms with E-state index in [-0.39, 0.29) is 21.6 Å². The molecule has 0 bridgehead atoms. The normalized spacial score (nSPS) is 10.6. The lowest BCUT2D eigenvalue weighted by Gasteiger charge is -2.21. The second kappa shape index (κ2) is 14.9. The van der Waals surface area contributed by atoms with Gasteiger partial charge in [-0.3, -0.25) is 57.5 Å². The summed E-state index contributed by atoms with van der Waals surface area (Å²) in [5.41, 5.74) is -7.30. The van der Waals surface area contributed by atoms with Gasteiger partial charge in [-0.1, -0.05) is 0 Å². The Balaban J connectivity index is 3.08. The molecule has 2 aromatic carbocycles. The highest BCUT2D eigenvalue weighted by molar-refractivity contribution is 8.87. The molecule has 2 aromatic rings. The molecule has 0 fully saturated rings. The molecule has 0 aliphatic heterocycles. The predicted octanol–water partition coefficient (Wildman–Crippen LogP) is 6.07. The first-order chi connectivity index (χ1) is 22.0. The fraction of sp³-hybridized carbons (Fsp3) is 0.294. The monoisotopic (exact) mass is 694 g/mol. The highest BCUT2D eigenvalue weighted by atomic mass is 33.1. The van der Waals surface area contributed by atoms with Crippen molar-refractivity contribution in [2.75, 3.05) is 0 Å². The highest BCUT2D eigenvalue weighted by Gasteiger charge is 2.38. The largest absolute Gasteiger partial charge is 0.294 e. The summed E-state index contributed by atoms with van der Waals surface area (Å²) in [5, 5.41) is -2.40. The Morgan fingerprint density at radius 1 is 0.229 bits per heavy atom. The van der Waals surface area contributed by atoms with Crippen molar-refractivity contribution in [3.63, 3.8) is 0 Å². The number of hydrogen-bond acceptors (Lipinski definition) is 14. The van der Waals surface area contributed by atoms with Crippen molar-refractivity contribution in [3.05, 3.63) is 66.8 Å². The van der Waals surface area contributed by atoms with Crippen LogP contribution in [-0.2, 0) is 0 Å². The molecule has 250 valence electrons. The lowest BCUT2D eigenvalue weighted by atomic mass is 9.80. The van der Waals surface area contributed by atoms with Crippen LogP contribution in [-0.4, -0.2) is 68.1 Å². The molecule has 48 heavy (non-hydrogen) atoms. The van der Waals surface area contributed by atoms with E-state index in [0.717, 1.165) is 69.2 Å². The van der Waals surface area contributed by atoms with E-state index in [1.54, 1.807) is 0 Å². The van der Waals surface area contributed by atoms with Gasteiger partial charge in [-0.05, 0) is 90.8 Å². The third-order valence-corrected chi connectivity index (χ3v) is 9.07. The number of rotatable bonds is 12.